The topological polar surface area (TPSA) is 110 Å². The molecule has 0 heterocycles. The number of nitrogens with two attached hydrogens (primary N) is 2. The molecular weight excluding hydrogens is 256 g/mol. The van der Waals surface area contributed by atoms with Crippen molar-refractivity contribution in [2.75, 3.05) is 24.1 Å². The largest absolute Gasteiger partial charge is 0.399 e. The summed E-state index contributed by atoms with van der Waals surface area (Å²) in [6.07, 6.45) is 0. The van der Waals surface area contributed by atoms with E-state index in [9.17, 15) is 9.59 Å². The maximum absolute atomic E-state index is 11.3. The Bertz CT molecular complexity index is 476. The van der Waals surface area contributed by atoms with Gasteiger partial charge in [-0.3, -0.25) is 9.59 Å². The van der Waals surface area contributed by atoms with E-state index in [4.69, 9.17) is 23.1 Å². The molecule has 1 rings (SSSR count). The normalized spacial score (nSPS) is 9.89. The van der Waals surface area contributed by atoms with Crippen LogP contribution in [0.25, 0.3) is 0 Å². The van der Waals surface area contributed by atoms with Crippen LogP contribution < -0.4 is 22.1 Å². The van der Waals surface area contributed by atoms with E-state index >= 15 is 0 Å². The highest BCUT2D eigenvalue weighted by Gasteiger charge is 2.12. The van der Waals surface area contributed by atoms with Gasteiger partial charge in [-0.2, -0.15) is 0 Å². The third kappa shape index (κ3) is 3.81. The fourth-order valence-corrected chi connectivity index (χ4v) is 1.72. The molecule has 0 unspecified atom stereocenters. The molecule has 1 aromatic carbocycles. The van der Waals surface area contributed by atoms with E-state index in [1.165, 1.54) is 19.1 Å². The van der Waals surface area contributed by atoms with Gasteiger partial charge in [0, 0.05) is 25.7 Å². The quantitative estimate of drug-likeness (QED) is 0.463. The molecule has 0 aliphatic rings. The molecule has 0 radical (unpaired) electrons. The molecule has 0 saturated carbocycles. The van der Waals surface area contributed by atoms with Crippen LogP contribution in [0.1, 0.15) is 17.3 Å². The number of hydrogen-bond acceptors (Lipinski definition) is 4. The van der Waals surface area contributed by atoms with Crippen LogP contribution in [0.2, 0.25) is 5.02 Å². The molecule has 1 aromatic rings. The highest BCUT2D eigenvalue weighted by Crippen LogP contribution is 2.28. The summed E-state index contributed by atoms with van der Waals surface area (Å²) in [5.74, 6) is -0.749. The summed E-state index contributed by atoms with van der Waals surface area (Å²) in [6, 6.07) is 2.98. The second-order valence-electron chi connectivity index (χ2n) is 3.70. The Hall–Kier alpha value is -1.95. The van der Waals surface area contributed by atoms with Crippen molar-refractivity contribution >= 4 is 34.8 Å². The molecular formula is C11H15ClN4O2. The van der Waals surface area contributed by atoms with Crippen LogP contribution in [-0.2, 0) is 4.79 Å². The minimum Gasteiger partial charge on any atom is -0.399 e. The summed E-state index contributed by atoms with van der Waals surface area (Å²) in [4.78, 5) is 22.0. The molecule has 2 amide bonds. The Morgan fingerprint density at radius 1 is 1.33 bits per heavy atom. The van der Waals surface area contributed by atoms with E-state index in [-0.39, 0.29) is 11.5 Å². The van der Waals surface area contributed by atoms with Crippen molar-refractivity contribution < 1.29 is 9.59 Å². The molecule has 6 nitrogen and oxygen atoms in total. The van der Waals surface area contributed by atoms with E-state index in [0.29, 0.717) is 29.5 Å². The van der Waals surface area contributed by atoms with Gasteiger partial charge < -0.3 is 22.1 Å². The molecule has 18 heavy (non-hydrogen) atoms. The van der Waals surface area contributed by atoms with Crippen molar-refractivity contribution in [2.45, 2.75) is 6.92 Å². The molecule has 6 N–H and O–H groups in total. The molecule has 0 aliphatic carbocycles. The van der Waals surface area contributed by atoms with Gasteiger partial charge in [-0.25, -0.2) is 0 Å². The number of benzene rings is 1. The van der Waals surface area contributed by atoms with Gasteiger partial charge in [-0.1, -0.05) is 11.6 Å². The number of carbonyl (C=O) groups excluding carboxylic acids is 2. The molecule has 0 spiro atoms. The van der Waals surface area contributed by atoms with E-state index in [1.54, 1.807) is 0 Å². The summed E-state index contributed by atoms with van der Waals surface area (Å²) in [5.41, 5.74) is 11.8. The van der Waals surface area contributed by atoms with Gasteiger partial charge in [0.05, 0.1) is 16.3 Å². The lowest BCUT2D eigenvalue weighted by molar-refractivity contribution is -0.118. The van der Waals surface area contributed by atoms with E-state index in [1.807, 2.05) is 0 Å². The predicted molar refractivity (Wildman–Crippen MR) is 71.6 cm³/mol. The smallest absolute Gasteiger partial charge is 0.250 e. The average molecular weight is 271 g/mol. The van der Waals surface area contributed by atoms with Crippen LogP contribution in [0.15, 0.2) is 12.1 Å². The lowest BCUT2D eigenvalue weighted by atomic mass is 10.1. The van der Waals surface area contributed by atoms with Gasteiger partial charge in [-0.15, -0.1) is 0 Å². The van der Waals surface area contributed by atoms with Crippen molar-refractivity contribution in [3.63, 3.8) is 0 Å². The first-order valence-corrected chi connectivity index (χ1v) is 5.66. The van der Waals surface area contributed by atoms with Crippen LogP contribution in [0.3, 0.4) is 0 Å². The summed E-state index contributed by atoms with van der Waals surface area (Å²) in [7, 11) is 0. The molecule has 0 fully saturated rings. The van der Waals surface area contributed by atoms with Gasteiger partial charge in [0.25, 0.3) is 5.91 Å². The first kappa shape index (κ1) is 14.1. The first-order chi connectivity index (χ1) is 8.41. The van der Waals surface area contributed by atoms with Crippen LogP contribution in [-0.4, -0.2) is 24.9 Å². The van der Waals surface area contributed by atoms with Crippen LogP contribution >= 0.6 is 11.6 Å². The number of hydrogen-bond donors (Lipinski definition) is 4. The molecule has 0 bridgehead atoms. The third-order valence-electron chi connectivity index (χ3n) is 2.18. The zero-order chi connectivity index (χ0) is 13.7. The molecule has 7 heteroatoms. The zero-order valence-electron chi connectivity index (χ0n) is 9.92. The van der Waals surface area contributed by atoms with Crippen molar-refractivity contribution in [1.29, 1.82) is 0 Å². The zero-order valence-corrected chi connectivity index (χ0v) is 10.7. The number of carbonyl (C=O) groups is 2. The number of rotatable bonds is 5. The maximum Gasteiger partial charge on any atom is 0.250 e. The van der Waals surface area contributed by atoms with Crippen LogP contribution in [0.4, 0.5) is 11.4 Å². The fourth-order valence-electron chi connectivity index (χ4n) is 1.43. The molecule has 0 aromatic heterocycles. The number of amides is 2. The van der Waals surface area contributed by atoms with E-state index < -0.39 is 5.91 Å². The predicted octanol–water partition coefficient (Wildman–Crippen LogP) is 0.569. The number of halogens is 1. The van der Waals surface area contributed by atoms with Crippen molar-refractivity contribution in [2.24, 2.45) is 5.73 Å². The highest BCUT2D eigenvalue weighted by molar-refractivity contribution is 6.34. The Kier molecular flexibility index (Phi) is 4.79. The summed E-state index contributed by atoms with van der Waals surface area (Å²) < 4.78 is 0. The van der Waals surface area contributed by atoms with Crippen molar-refractivity contribution in [3.05, 3.63) is 22.7 Å². The van der Waals surface area contributed by atoms with Gasteiger partial charge in [-0.05, 0) is 12.1 Å². The molecule has 0 aliphatic heterocycles. The third-order valence-corrected chi connectivity index (χ3v) is 2.48. The van der Waals surface area contributed by atoms with Crippen molar-refractivity contribution in [3.8, 4) is 0 Å². The fraction of sp³-hybridized carbons (Fsp3) is 0.273. The Labute approximate surface area is 110 Å². The highest BCUT2D eigenvalue weighted by atomic mass is 35.5. The maximum atomic E-state index is 11.3. The van der Waals surface area contributed by atoms with Crippen LogP contribution in [0, 0.1) is 0 Å². The number of nitrogens with one attached hydrogen (secondary N) is 2. The summed E-state index contributed by atoms with van der Waals surface area (Å²) >= 11 is 5.98. The van der Waals surface area contributed by atoms with Crippen molar-refractivity contribution in [1.82, 2.24) is 5.32 Å². The number of nitrogen functional groups attached to an aromatic ring is 1. The van der Waals surface area contributed by atoms with Gasteiger partial charge in [0.15, 0.2) is 0 Å². The first-order valence-electron chi connectivity index (χ1n) is 5.29. The second kappa shape index (κ2) is 6.11. The SMILES string of the molecule is CC(=O)NCCNc1c(Cl)cc(N)cc1C(N)=O. The summed E-state index contributed by atoms with van der Waals surface area (Å²) in [5, 5.41) is 5.86. The second-order valence-corrected chi connectivity index (χ2v) is 4.11. The number of anilines is 2. The van der Waals surface area contributed by atoms with Gasteiger partial charge >= 0.3 is 0 Å². The standard InChI is InChI=1S/C11H15ClN4O2/c1-6(17)15-2-3-16-10-8(11(14)18)4-7(13)5-9(10)12/h4-5,16H,2-3,13H2,1H3,(H2,14,18)(H,15,17). The van der Waals surface area contributed by atoms with E-state index in [2.05, 4.69) is 10.6 Å². The summed E-state index contributed by atoms with van der Waals surface area (Å²) in [6.45, 7) is 2.25. The monoisotopic (exact) mass is 270 g/mol. The minimum absolute atomic E-state index is 0.129. The minimum atomic E-state index is -0.619. The lowest BCUT2D eigenvalue weighted by Gasteiger charge is -2.13. The van der Waals surface area contributed by atoms with Gasteiger partial charge in [0.1, 0.15) is 0 Å². The lowest BCUT2D eigenvalue weighted by Crippen LogP contribution is -2.27. The molecule has 98 valence electrons. The number of primary amides is 1. The molecule has 0 saturated heterocycles. The van der Waals surface area contributed by atoms with E-state index in [0.717, 1.165) is 0 Å². The van der Waals surface area contributed by atoms with Crippen LogP contribution in [0.5, 0.6) is 0 Å². The average Bonchev–Trinajstić information content (AvgIpc) is 2.25. The Morgan fingerprint density at radius 2 is 2.00 bits per heavy atom. The Balaban J connectivity index is 2.80. The Morgan fingerprint density at radius 3 is 2.56 bits per heavy atom. The molecule has 0 atom stereocenters. The van der Waals surface area contributed by atoms with Gasteiger partial charge in [0.2, 0.25) is 5.91 Å².